The summed E-state index contributed by atoms with van der Waals surface area (Å²) in [7, 11) is 0. The molecule has 3 N–H and O–H groups in total. The Hall–Kier alpha value is -3.60. The lowest BCUT2D eigenvalue weighted by Crippen LogP contribution is -2.47. The van der Waals surface area contributed by atoms with Crippen molar-refractivity contribution in [1.82, 2.24) is 16.0 Å². The van der Waals surface area contributed by atoms with Crippen LogP contribution in [0.1, 0.15) is 34.2 Å². The molecule has 3 heterocycles. The summed E-state index contributed by atoms with van der Waals surface area (Å²) in [6.07, 6.45) is 0. The minimum atomic E-state index is -0.909. The molecular formula is C20H21N3O7S. The van der Waals surface area contributed by atoms with Crippen LogP contribution in [0.2, 0.25) is 0 Å². The summed E-state index contributed by atoms with van der Waals surface area (Å²) in [6.45, 7) is 2.72. The lowest BCUT2D eigenvalue weighted by Gasteiger charge is -2.27. The van der Waals surface area contributed by atoms with Crippen LogP contribution < -0.4 is 16.0 Å². The van der Waals surface area contributed by atoms with Gasteiger partial charge >= 0.3 is 18.0 Å². The number of nitrogens with one attached hydrogen (secondary N) is 3. The topological polar surface area (TPSA) is 136 Å². The maximum Gasteiger partial charge on any atom is 0.338 e. The highest BCUT2D eigenvalue weighted by molar-refractivity contribution is 7.12. The number of carbonyl (C=O) groups excluding carboxylic acids is 4. The van der Waals surface area contributed by atoms with E-state index in [1.165, 1.54) is 11.3 Å². The van der Waals surface area contributed by atoms with E-state index < -0.39 is 36.5 Å². The number of hydrogen-bond acceptors (Lipinski definition) is 8. The van der Waals surface area contributed by atoms with Crippen molar-refractivity contribution in [3.8, 4) is 0 Å². The van der Waals surface area contributed by atoms with Gasteiger partial charge in [-0.2, -0.15) is 0 Å². The summed E-state index contributed by atoms with van der Waals surface area (Å²) in [5.41, 5.74) is 0.130. The molecule has 0 bridgehead atoms. The number of hydrogen-bond donors (Lipinski definition) is 3. The molecule has 0 unspecified atom stereocenters. The van der Waals surface area contributed by atoms with Crippen LogP contribution in [-0.4, -0.2) is 43.6 Å². The van der Waals surface area contributed by atoms with Gasteiger partial charge in [-0.15, -0.1) is 11.3 Å². The van der Waals surface area contributed by atoms with Crippen LogP contribution in [0.4, 0.5) is 4.79 Å². The SMILES string of the molecule is CCOC(=O)C1=C(COC(=O)CNC(=O)c2cccs2)NC(=O)N[C@H]1c1ccc(C)o1. The van der Waals surface area contributed by atoms with Crippen LogP contribution in [0.15, 0.2) is 45.3 Å². The lowest BCUT2D eigenvalue weighted by molar-refractivity contribution is -0.142. The Balaban J connectivity index is 1.73. The minimum Gasteiger partial charge on any atom is -0.464 e. The highest BCUT2D eigenvalue weighted by atomic mass is 32.1. The van der Waals surface area contributed by atoms with Crippen LogP contribution in [-0.2, 0) is 19.1 Å². The highest BCUT2D eigenvalue weighted by Crippen LogP contribution is 2.29. The molecule has 0 fully saturated rings. The number of rotatable bonds is 8. The number of amides is 3. The van der Waals surface area contributed by atoms with Crippen LogP contribution in [0, 0.1) is 6.92 Å². The van der Waals surface area contributed by atoms with E-state index in [2.05, 4.69) is 16.0 Å². The van der Waals surface area contributed by atoms with Crippen molar-refractivity contribution in [3.63, 3.8) is 0 Å². The molecule has 0 aromatic carbocycles. The molecule has 3 rings (SSSR count). The van der Waals surface area contributed by atoms with E-state index in [4.69, 9.17) is 13.9 Å². The molecule has 0 radical (unpaired) electrons. The van der Waals surface area contributed by atoms with Crippen molar-refractivity contribution in [3.05, 3.63) is 57.3 Å². The molecule has 31 heavy (non-hydrogen) atoms. The van der Waals surface area contributed by atoms with E-state index >= 15 is 0 Å². The maximum atomic E-state index is 12.6. The summed E-state index contributed by atoms with van der Waals surface area (Å²) in [5, 5.41) is 9.28. The Labute approximate surface area is 181 Å². The molecule has 164 valence electrons. The Bertz CT molecular complexity index is 1010. The van der Waals surface area contributed by atoms with E-state index in [1.807, 2.05) is 0 Å². The normalized spacial score (nSPS) is 15.7. The first-order valence-electron chi connectivity index (χ1n) is 9.40. The predicted octanol–water partition coefficient (Wildman–Crippen LogP) is 1.79. The molecule has 0 aliphatic carbocycles. The summed E-state index contributed by atoms with van der Waals surface area (Å²) in [5.74, 6) is -0.894. The second-order valence-corrected chi connectivity index (χ2v) is 7.36. The molecule has 10 nitrogen and oxygen atoms in total. The lowest BCUT2D eigenvalue weighted by atomic mass is 10.0. The number of aryl methyl sites for hydroxylation is 1. The fraction of sp³-hybridized carbons (Fsp3) is 0.300. The summed E-state index contributed by atoms with van der Waals surface area (Å²) in [6, 6.07) is 5.18. The number of furan rings is 1. The Morgan fingerprint density at radius 3 is 2.68 bits per heavy atom. The fourth-order valence-electron chi connectivity index (χ4n) is 2.85. The van der Waals surface area contributed by atoms with Gasteiger partial charge in [0.2, 0.25) is 0 Å². The van der Waals surface area contributed by atoms with Gasteiger partial charge < -0.3 is 29.8 Å². The van der Waals surface area contributed by atoms with Crippen molar-refractivity contribution in [2.24, 2.45) is 0 Å². The van der Waals surface area contributed by atoms with Gasteiger partial charge in [0.1, 0.15) is 30.7 Å². The van der Waals surface area contributed by atoms with Crippen molar-refractivity contribution in [1.29, 1.82) is 0 Å². The van der Waals surface area contributed by atoms with E-state index in [0.717, 1.165) is 0 Å². The van der Waals surface area contributed by atoms with E-state index in [9.17, 15) is 19.2 Å². The third-order valence-electron chi connectivity index (χ3n) is 4.21. The number of esters is 2. The molecule has 3 amide bonds. The average molecular weight is 447 g/mol. The standard InChI is InChI=1S/C20H21N3O7S/c1-3-28-19(26)16-12(22-20(27)23-17(16)13-7-6-11(2)30-13)10-29-15(24)9-21-18(25)14-5-4-8-31-14/h4-8,17H,3,9-10H2,1-2H3,(H,21,25)(H2,22,23,27)/t17-/m0/s1. The van der Waals surface area contributed by atoms with Gasteiger partial charge in [0, 0.05) is 0 Å². The van der Waals surface area contributed by atoms with Gasteiger partial charge in [0.15, 0.2) is 0 Å². The number of carbonyl (C=O) groups is 4. The van der Waals surface area contributed by atoms with Crippen LogP contribution in [0.25, 0.3) is 0 Å². The number of ether oxygens (including phenoxy) is 2. The van der Waals surface area contributed by atoms with Gasteiger partial charge in [-0.25, -0.2) is 9.59 Å². The quantitative estimate of drug-likeness (QED) is 0.525. The molecule has 2 aromatic rings. The Morgan fingerprint density at radius 2 is 2.03 bits per heavy atom. The fourth-order valence-corrected chi connectivity index (χ4v) is 3.49. The highest BCUT2D eigenvalue weighted by Gasteiger charge is 2.36. The van der Waals surface area contributed by atoms with Crippen LogP contribution in [0.5, 0.6) is 0 Å². The van der Waals surface area contributed by atoms with Gasteiger partial charge in [-0.3, -0.25) is 9.59 Å². The third-order valence-corrected chi connectivity index (χ3v) is 5.08. The number of thiophene rings is 1. The largest absolute Gasteiger partial charge is 0.464 e. The van der Waals surface area contributed by atoms with Gasteiger partial charge in [-0.1, -0.05) is 6.07 Å². The smallest absolute Gasteiger partial charge is 0.338 e. The molecule has 0 saturated heterocycles. The van der Waals surface area contributed by atoms with Crippen molar-refractivity contribution in [2.75, 3.05) is 19.8 Å². The van der Waals surface area contributed by atoms with E-state index in [1.54, 1.807) is 43.5 Å². The summed E-state index contributed by atoms with van der Waals surface area (Å²) < 4.78 is 15.8. The zero-order valence-corrected chi connectivity index (χ0v) is 17.7. The maximum absolute atomic E-state index is 12.6. The molecule has 2 aromatic heterocycles. The third kappa shape index (κ3) is 5.51. The Kier molecular flexibility index (Phi) is 7.08. The summed E-state index contributed by atoms with van der Waals surface area (Å²) >= 11 is 1.24. The molecular weight excluding hydrogens is 426 g/mol. The second-order valence-electron chi connectivity index (χ2n) is 6.41. The van der Waals surface area contributed by atoms with Gasteiger partial charge in [0.25, 0.3) is 5.91 Å². The average Bonchev–Trinajstić information content (AvgIpc) is 3.42. The van der Waals surface area contributed by atoms with Crippen molar-refractivity contribution in [2.45, 2.75) is 19.9 Å². The minimum absolute atomic E-state index is 0.0613. The number of urea groups is 1. The Morgan fingerprint density at radius 1 is 1.23 bits per heavy atom. The molecule has 1 aliphatic rings. The zero-order chi connectivity index (χ0) is 22.4. The first kappa shape index (κ1) is 22.1. The van der Waals surface area contributed by atoms with Gasteiger partial charge in [0.05, 0.1) is 22.8 Å². The first-order valence-corrected chi connectivity index (χ1v) is 10.3. The first-order chi connectivity index (χ1) is 14.9. The van der Waals surface area contributed by atoms with E-state index in [-0.39, 0.29) is 24.4 Å². The molecule has 0 saturated carbocycles. The van der Waals surface area contributed by atoms with E-state index in [0.29, 0.717) is 16.4 Å². The molecule has 0 spiro atoms. The van der Waals surface area contributed by atoms with Crippen molar-refractivity contribution >= 4 is 35.2 Å². The second kappa shape index (κ2) is 9.94. The van der Waals surface area contributed by atoms with Crippen LogP contribution in [0.3, 0.4) is 0 Å². The molecule has 11 heteroatoms. The van der Waals surface area contributed by atoms with Crippen molar-refractivity contribution < 1.29 is 33.1 Å². The monoisotopic (exact) mass is 447 g/mol. The zero-order valence-electron chi connectivity index (χ0n) is 16.9. The predicted molar refractivity (Wildman–Crippen MR) is 109 cm³/mol. The van der Waals surface area contributed by atoms with Crippen LogP contribution >= 0.6 is 11.3 Å². The summed E-state index contributed by atoms with van der Waals surface area (Å²) in [4.78, 5) is 49.2. The molecule has 1 atom stereocenters. The molecule has 1 aliphatic heterocycles. The van der Waals surface area contributed by atoms with Gasteiger partial charge in [-0.05, 0) is 37.4 Å².